The van der Waals surface area contributed by atoms with Gasteiger partial charge in [-0.1, -0.05) is 42.0 Å². The van der Waals surface area contributed by atoms with Gasteiger partial charge in [0, 0.05) is 28.2 Å². The molecule has 0 radical (unpaired) electrons. The van der Waals surface area contributed by atoms with Crippen molar-refractivity contribution in [3.05, 3.63) is 83.6 Å². The zero-order valence-electron chi connectivity index (χ0n) is 20.2. The fourth-order valence-corrected chi connectivity index (χ4v) is 4.12. The molecule has 5 nitrogen and oxygen atoms in total. The molecule has 4 rings (SSSR count). The monoisotopic (exact) mass is 455 g/mol. The predicted molar refractivity (Wildman–Crippen MR) is 138 cm³/mol. The Bertz CT molecular complexity index is 1360. The zero-order chi connectivity index (χ0) is 24.2. The average molecular weight is 456 g/mol. The molecule has 0 atom stereocenters. The van der Waals surface area contributed by atoms with Gasteiger partial charge in [0.1, 0.15) is 17.1 Å². The van der Waals surface area contributed by atoms with E-state index in [1.807, 2.05) is 51.1 Å². The summed E-state index contributed by atoms with van der Waals surface area (Å²) >= 11 is 0. The molecule has 4 aromatic rings. The largest absolute Gasteiger partial charge is 0.496 e. The van der Waals surface area contributed by atoms with Crippen LogP contribution in [0.4, 0.5) is 5.69 Å². The molecule has 174 valence electrons. The lowest BCUT2D eigenvalue weighted by atomic mass is 9.96. The third-order valence-corrected chi connectivity index (χ3v) is 5.83. The summed E-state index contributed by atoms with van der Waals surface area (Å²) in [5, 5.41) is 3.90. The number of rotatable bonds is 7. The number of allylic oxidation sites excluding steroid dienone is 1. The van der Waals surface area contributed by atoms with Gasteiger partial charge in [0.25, 0.3) is 0 Å². The summed E-state index contributed by atoms with van der Waals surface area (Å²) in [6, 6.07) is 17.8. The Balaban J connectivity index is 1.74. The smallest absolute Gasteiger partial charge is 0.248 e. The fraction of sp³-hybridized carbons (Fsp3) is 0.207. The number of hydrogen-bond acceptors (Lipinski definition) is 4. The fourth-order valence-electron chi connectivity index (χ4n) is 4.12. The van der Waals surface area contributed by atoms with E-state index >= 15 is 0 Å². The Labute approximate surface area is 200 Å². The number of ether oxygens (including phenoxy) is 2. The van der Waals surface area contributed by atoms with Gasteiger partial charge in [0.2, 0.25) is 5.91 Å². The lowest BCUT2D eigenvalue weighted by molar-refractivity contribution is -0.111. The van der Waals surface area contributed by atoms with Gasteiger partial charge in [-0.05, 0) is 57.0 Å². The third-order valence-electron chi connectivity index (χ3n) is 5.83. The van der Waals surface area contributed by atoms with Crippen molar-refractivity contribution in [3.63, 3.8) is 0 Å². The van der Waals surface area contributed by atoms with Crippen molar-refractivity contribution >= 4 is 28.1 Å². The first-order valence-electron chi connectivity index (χ1n) is 11.3. The number of para-hydroxylation sites is 2. The summed E-state index contributed by atoms with van der Waals surface area (Å²) in [6.07, 6.45) is 3.36. The molecule has 0 saturated carbocycles. The van der Waals surface area contributed by atoms with Crippen LogP contribution in [0.15, 0.2) is 71.4 Å². The van der Waals surface area contributed by atoms with E-state index in [4.69, 9.17) is 13.9 Å². The lowest BCUT2D eigenvalue weighted by Crippen LogP contribution is -2.10. The molecule has 0 fully saturated rings. The van der Waals surface area contributed by atoms with Crippen LogP contribution in [0.3, 0.4) is 0 Å². The van der Waals surface area contributed by atoms with Crippen molar-refractivity contribution in [3.8, 4) is 22.6 Å². The van der Waals surface area contributed by atoms with Crippen molar-refractivity contribution in [1.29, 1.82) is 0 Å². The zero-order valence-corrected chi connectivity index (χ0v) is 20.2. The minimum Gasteiger partial charge on any atom is -0.496 e. The number of amides is 1. The van der Waals surface area contributed by atoms with E-state index in [1.54, 1.807) is 19.4 Å². The van der Waals surface area contributed by atoms with E-state index in [0.29, 0.717) is 23.8 Å². The number of hydrogen-bond donors (Lipinski definition) is 1. The topological polar surface area (TPSA) is 60.7 Å². The molecular formula is C29H29NO4. The summed E-state index contributed by atoms with van der Waals surface area (Å²) in [5.41, 5.74) is 7.21. The summed E-state index contributed by atoms with van der Waals surface area (Å²) in [4.78, 5) is 12.9. The maximum absolute atomic E-state index is 12.9. The van der Waals surface area contributed by atoms with E-state index in [2.05, 4.69) is 36.5 Å². The molecule has 0 aliphatic carbocycles. The molecule has 0 spiro atoms. The lowest BCUT2D eigenvalue weighted by Gasteiger charge is -2.14. The Hall–Kier alpha value is -3.99. The molecule has 0 unspecified atom stereocenters. The SMILES string of the molecule is CCOc1ccccc1NC(=O)/C=C(\C)c1cc2c(-c3ccc(C)cc3)coc2c(C)c1OC. The van der Waals surface area contributed by atoms with Crippen molar-refractivity contribution in [1.82, 2.24) is 0 Å². The molecule has 0 aliphatic heterocycles. The second kappa shape index (κ2) is 9.87. The van der Waals surface area contributed by atoms with Crippen LogP contribution in [0.2, 0.25) is 0 Å². The van der Waals surface area contributed by atoms with Crippen molar-refractivity contribution in [2.45, 2.75) is 27.7 Å². The van der Waals surface area contributed by atoms with Gasteiger partial charge in [-0.15, -0.1) is 0 Å². The molecule has 3 aromatic carbocycles. The summed E-state index contributed by atoms with van der Waals surface area (Å²) in [7, 11) is 1.63. The van der Waals surface area contributed by atoms with Gasteiger partial charge >= 0.3 is 0 Å². The van der Waals surface area contributed by atoms with Crippen LogP contribution in [0, 0.1) is 13.8 Å². The van der Waals surface area contributed by atoms with Gasteiger partial charge in [0.15, 0.2) is 0 Å². The van der Waals surface area contributed by atoms with Crippen molar-refractivity contribution in [2.75, 3.05) is 19.0 Å². The molecule has 5 heteroatoms. The molecule has 1 aromatic heterocycles. The van der Waals surface area contributed by atoms with E-state index in [1.165, 1.54) is 5.56 Å². The number of carbonyl (C=O) groups excluding carboxylic acids is 1. The summed E-state index contributed by atoms with van der Waals surface area (Å²) in [5.74, 6) is 1.09. The van der Waals surface area contributed by atoms with Gasteiger partial charge in [-0.3, -0.25) is 4.79 Å². The van der Waals surface area contributed by atoms with E-state index in [-0.39, 0.29) is 5.91 Å². The number of methoxy groups -OCH3 is 1. The first-order valence-corrected chi connectivity index (χ1v) is 11.3. The summed E-state index contributed by atoms with van der Waals surface area (Å²) in [6.45, 7) is 8.37. The van der Waals surface area contributed by atoms with Crippen LogP contribution in [0.5, 0.6) is 11.5 Å². The molecule has 1 N–H and O–H groups in total. The number of anilines is 1. The number of furan rings is 1. The van der Waals surface area contributed by atoms with Crippen LogP contribution in [-0.2, 0) is 4.79 Å². The number of fused-ring (bicyclic) bond motifs is 1. The standard InChI is InChI=1S/C29H29NO4/c1-6-33-26-10-8-7-9-25(26)30-27(31)15-19(3)22-16-23-24(21-13-11-18(2)12-14-21)17-34-29(23)20(4)28(22)32-5/h7-17H,6H2,1-5H3,(H,30,31)/b19-15+. The van der Waals surface area contributed by atoms with Gasteiger partial charge in [-0.25, -0.2) is 0 Å². The second-order valence-corrected chi connectivity index (χ2v) is 8.22. The Kier molecular flexibility index (Phi) is 6.73. The molecule has 0 aliphatic rings. The van der Waals surface area contributed by atoms with E-state index < -0.39 is 0 Å². The van der Waals surface area contributed by atoms with Crippen LogP contribution >= 0.6 is 0 Å². The molecule has 34 heavy (non-hydrogen) atoms. The minimum atomic E-state index is -0.240. The second-order valence-electron chi connectivity index (χ2n) is 8.22. The first kappa shape index (κ1) is 23.2. The number of nitrogens with one attached hydrogen (secondary N) is 1. The molecule has 0 saturated heterocycles. The maximum atomic E-state index is 12.9. The Morgan fingerprint density at radius 1 is 1.09 bits per heavy atom. The van der Waals surface area contributed by atoms with Gasteiger partial charge in [-0.2, -0.15) is 0 Å². The number of aryl methyl sites for hydroxylation is 2. The Morgan fingerprint density at radius 2 is 1.82 bits per heavy atom. The maximum Gasteiger partial charge on any atom is 0.248 e. The van der Waals surface area contributed by atoms with Crippen LogP contribution in [0.1, 0.15) is 30.5 Å². The number of benzene rings is 3. The quantitative estimate of drug-likeness (QED) is 0.300. The molecule has 1 amide bonds. The van der Waals surface area contributed by atoms with Crippen molar-refractivity contribution in [2.24, 2.45) is 0 Å². The third kappa shape index (κ3) is 4.55. The van der Waals surface area contributed by atoms with E-state index in [9.17, 15) is 4.79 Å². The van der Waals surface area contributed by atoms with Crippen LogP contribution in [-0.4, -0.2) is 19.6 Å². The molecular weight excluding hydrogens is 426 g/mol. The normalized spacial score (nSPS) is 11.5. The van der Waals surface area contributed by atoms with Gasteiger partial charge < -0.3 is 19.2 Å². The predicted octanol–water partition coefficient (Wildman–Crippen LogP) is 7.17. The van der Waals surface area contributed by atoms with Gasteiger partial charge in [0.05, 0.1) is 25.7 Å². The van der Waals surface area contributed by atoms with Crippen molar-refractivity contribution < 1.29 is 18.7 Å². The first-order chi connectivity index (χ1) is 16.4. The van der Waals surface area contributed by atoms with E-state index in [0.717, 1.165) is 38.8 Å². The molecule has 0 bridgehead atoms. The molecule has 1 heterocycles. The van der Waals surface area contributed by atoms with Crippen LogP contribution < -0.4 is 14.8 Å². The van der Waals surface area contributed by atoms with Crippen LogP contribution in [0.25, 0.3) is 27.7 Å². The Morgan fingerprint density at radius 3 is 2.53 bits per heavy atom. The average Bonchev–Trinajstić information content (AvgIpc) is 3.25. The highest BCUT2D eigenvalue weighted by molar-refractivity contribution is 6.06. The minimum absolute atomic E-state index is 0.240. The highest BCUT2D eigenvalue weighted by Crippen LogP contribution is 2.40. The number of carbonyl (C=O) groups is 1. The summed E-state index contributed by atoms with van der Waals surface area (Å²) < 4.78 is 17.3. The highest BCUT2D eigenvalue weighted by Gasteiger charge is 2.19. The highest BCUT2D eigenvalue weighted by atomic mass is 16.5.